The van der Waals surface area contributed by atoms with Gasteiger partial charge in [-0.05, 0) is 25.0 Å². The van der Waals surface area contributed by atoms with Crippen LogP contribution in [0.3, 0.4) is 0 Å². The van der Waals surface area contributed by atoms with Crippen LogP contribution in [0.2, 0.25) is 0 Å². The Bertz CT molecular complexity index is 509. The Balaban J connectivity index is 2.00. The first-order valence-electron chi connectivity index (χ1n) is 6.77. The van der Waals surface area contributed by atoms with Gasteiger partial charge < -0.3 is 14.7 Å². The fourth-order valence-electron chi connectivity index (χ4n) is 2.14. The van der Waals surface area contributed by atoms with Crippen LogP contribution in [0.4, 0.5) is 0 Å². The van der Waals surface area contributed by atoms with Crippen LogP contribution >= 0.6 is 11.3 Å². The van der Waals surface area contributed by atoms with E-state index < -0.39 is 0 Å². The summed E-state index contributed by atoms with van der Waals surface area (Å²) in [5, 5.41) is 8.68. The molecule has 0 aliphatic carbocycles. The third-order valence-electron chi connectivity index (χ3n) is 3.32. The lowest BCUT2D eigenvalue weighted by molar-refractivity contribution is 0.0365. The molecular weight excluding hydrogens is 274 g/mol. The zero-order chi connectivity index (χ0) is 14.4. The summed E-state index contributed by atoms with van der Waals surface area (Å²) in [7, 11) is 1.86. The van der Waals surface area contributed by atoms with Crippen molar-refractivity contribution >= 4 is 17.2 Å². The van der Waals surface area contributed by atoms with Gasteiger partial charge in [-0.15, -0.1) is 11.3 Å². The Kier molecular flexibility index (Phi) is 5.60. The van der Waals surface area contributed by atoms with E-state index in [2.05, 4.69) is 11.8 Å². The van der Waals surface area contributed by atoms with Crippen molar-refractivity contribution in [2.45, 2.75) is 25.3 Å². The maximum atomic E-state index is 12.4. The van der Waals surface area contributed by atoms with Gasteiger partial charge in [0, 0.05) is 32.7 Å². The first-order valence-corrected chi connectivity index (χ1v) is 7.58. The minimum atomic E-state index is 0.0529. The normalized spacial score (nSPS) is 15.5. The molecule has 5 heteroatoms. The molecule has 0 spiro atoms. The summed E-state index contributed by atoms with van der Waals surface area (Å²) in [4.78, 5) is 15.8. The van der Waals surface area contributed by atoms with E-state index in [9.17, 15) is 4.79 Å². The van der Waals surface area contributed by atoms with Crippen molar-refractivity contribution in [2.75, 3.05) is 26.9 Å². The highest BCUT2D eigenvalue weighted by molar-refractivity contribution is 7.14. The van der Waals surface area contributed by atoms with Crippen molar-refractivity contribution in [2.24, 2.45) is 0 Å². The number of amides is 1. The number of thiophene rings is 1. The number of nitrogens with zero attached hydrogens (tertiary/aromatic N) is 1. The number of ether oxygens (including phenoxy) is 1. The van der Waals surface area contributed by atoms with E-state index in [-0.39, 0.29) is 18.6 Å². The van der Waals surface area contributed by atoms with Crippen LogP contribution in [0, 0.1) is 11.8 Å². The van der Waals surface area contributed by atoms with Crippen LogP contribution in [0.25, 0.3) is 0 Å². The van der Waals surface area contributed by atoms with E-state index in [1.54, 1.807) is 0 Å². The van der Waals surface area contributed by atoms with Gasteiger partial charge >= 0.3 is 0 Å². The summed E-state index contributed by atoms with van der Waals surface area (Å²) in [5.41, 5.74) is 0. The lowest BCUT2D eigenvalue weighted by Gasteiger charge is -2.30. The minimum absolute atomic E-state index is 0.0529. The number of carbonyl (C=O) groups excluding carboxylic acids is 1. The number of hydrogen-bond donors (Lipinski definition) is 1. The summed E-state index contributed by atoms with van der Waals surface area (Å²) in [6.07, 6.45) is 2.26. The maximum absolute atomic E-state index is 12.4. The molecule has 1 amide bonds. The monoisotopic (exact) mass is 293 g/mol. The molecular formula is C15H19NO3S. The summed E-state index contributed by atoms with van der Waals surface area (Å²) >= 11 is 1.41. The van der Waals surface area contributed by atoms with Gasteiger partial charge in [-0.2, -0.15) is 0 Å². The molecule has 1 aromatic heterocycles. The van der Waals surface area contributed by atoms with Crippen molar-refractivity contribution in [1.29, 1.82) is 0 Å². The first-order chi connectivity index (χ1) is 9.72. The smallest absolute Gasteiger partial charge is 0.263 e. The SMILES string of the molecule is CN(C(=O)c1ccc(C#CCCO)s1)C1CCOCC1. The molecule has 0 unspecified atom stereocenters. The molecule has 1 aromatic rings. The second kappa shape index (κ2) is 7.44. The lowest BCUT2D eigenvalue weighted by Crippen LogP contribution is -2.40. The predicted octanol–water partition coefficient (Wildman–Crippen LogP) is 1.73. The van der Waals surface area contributed by atoms with Crippen LogP contribution in [0.5, 0.6) is 0 Å². The fourth-order valence-corrected chi connectivity index (χ4v) is 3.00. The van der Waals surface area contributed by atoms with E-state index in [1.165, 1.54) is 11.3 Å². The maximum Gasteiger partial charge on any atom is 0.263 e. The van der Waals surface area contributed by atoms with Crippen molar-refractivity contribution in [3.8, 4) is 11.8 Å². The van der Waals surface area contributed by atoms with E-state index >= 15 is 0 Å². The Morgan fingerprint density at radius 1 is 1.50 bits per heavy atom. The largest absolute Gasteiger partial charge is 0.395 e. The molecule has 4 nitrogen and oxygen atoms in total. The Labute approximate surface area is 123 Å². The summed E-state index contributed by atoms with van der Waals surface area (Å²) in [5.74, 6) is 5.88. The molecule has 108 valence electrons. The van der Waals surface area contributed by atoms with Crippen molar-refractivity contribution in [1.82, 2.24) is 4.90 Å². The number of rotatable bonds is 3. The van der Waals surface area contributed by atoms with Gasteiger partial charge in [0.15, 0.2) is 0 Å². The van der Waals surface area contributed by atoms with Crippen LogP contribution < -0.4 is 0 Å². The van der Waals surface area contributed by atoms with Crippen LogP contribution in [0.15, 0.2) is 12.1 Å². The van der Waals surface area contributed by atoms with Gasteiger partial charge in [-0.1, -0.05) is 11.8 Å². The van der Waals surface area contributed by atoms with Crippen molar-refractivity contribution < 1.29 is 14.6 Å². The molecule has 2 rings (SSSR count). The Morgan fingerprint density at radius 2 is 2.25 bits per heavy atom. The van der Waals surface area contributed by atoms with Gasteiger partial charge in [-0.25, -0.2) is 0 Å². The average Bonchev–Trinajstić information content (AvgIpc) is 2.96. The summed E-state index contributed by atoms with van der Waals surface area (Å²) < 4.78 is 5.32. The molecule has 1 fully saturated rings. The molecule has 1 N–H and O–H groups in total. The molecule has 1 aliphatic rings. The van der Waals surface area contributed by atoms with Crippen molar-refractivity contribution in [3.05, 3.63) is 21.9 Å². The molecule has 0 bridgehead atoms. The zero-order valence-corrected chi connectivity index (χ0v) is 12.4. The van der Waals surface area contributed by atoms with Crippen molar-refractivity contribution in [3.63, 3.8) is 0 Å². The fraction of sp³-hybridized carbons (Fsp3) is 0.533. The van der Waals surface area contributed by atoms with Gasteiger partial charge in [0.2, 0.25) is 0 Å². The van der Waals surface area contributed by atoms with E-state index in [4.69, 9.17) is 9.84 Å². The highest BCUT2D eigenvalue weighted by Gasteiger charge is 2.24. The molecule has 20 heavy (non-hydrogen) atoms. The van der Waals surface area contributed by atoms with Crippen LogP contribution in [-0.4, -0.2) is 48.8 Å². The molecule has 2 heterocycles. The first kappa shape index (κ1) is 15.0. The summed E-state index contributed by atoms with van der Waals surface area (Å²) in [6, 6.07) is 3.95. The van der Waals surface area contributed by atoms with Gasteiger partial charge in [0.05, 0.1) is 16.4 Å². The third-order valence-corrected chi connectivity index (χ3v) is 4.31. The number of aliphatic hydroxyl groups excluding tert-OH is 1. The average molecular weight is 293 g/mol. The van der Waals surface area contributed by atoms with E-state index in [1.807, 2.05) is 24.1 Å². The van der Waals surface area contributed by atoms with Gasteiger partial charge in [0.25, 0.3) is 5.91 Å². The molecule has 1 saturated heterocycles. The van der Waals surface area contributed by atoms with Gasteiger partial charge in [-0.3, -0.25) is 4.79 Å². The molecule has 1 aliphatic heterocycles. The van der Waals surface area contributed by atoms with Crippen LogP contribution in [0.1, 0.15) is 33.8 Å². The zero-order valence-electron chi connectivity index (χ0n) is 11.6. The van der Waals surface area contributed by atoms with Crippen LogP contribution in [-0.2, 0) is 4.74 Å². The molecule has 0 saturated carbocycles. The molecule has 0 aromatic carbocycles. The highest BCUT2D eigenvalue weighted by Crippen LogP contribution is 2.20. The Hall–Kier alpha value is -1.35. The Morgan fingerprint density at radius 3 is 2.95 bits per heavy atom. The van der Waals surface area contributed by atoms with Gasteiger partial charge in [0.1, 0.15) is 0 Å². The standard InChI is InChI=1S/C15H19NO3S/c1-16(12-7-10-19-11-8-12)15(18)14-6-5-13(20-14)4-2-3-9-17/h5-6,12,17H,3,7-11H2,1H3. The topological polar surface area (TPSA) is 49.8 Å². The minimum Gasteiger partial charge on any atom is -0.395 e. The quantitative estimate of drug-likeness (QED) is 0.864. The summed E-state index contributed by atoms with van der Waals surface area (Å²) in [6.45, 7) is 1.52. The number of carbonyl (C=O) groups is 1. The molecule has 0 atom stereocenters. The number of hydrogen-bond acceptors (Lipinski definition) is 4. The predicted molar refractivity (Wildman–Crippen MR) is 78.8 cm³/mol. The second-order valence-corrected chi connectivity index (χ2v) is 5.78. The third kappa shape index (κ3) is 3.83. The van der Waals surface area contributed by atoms with E-state index in [0.717, 1.165) is 30.9 Å². The number of aliphatic hydroxyl groups is 1. The second-order valence-electron chi connectivity index (χ2n) is 4.70. The molecule has 0 radical (unpaired) electrons. The van der Waals surface area contributed by atoms with E-state index in [0.29, 0.717) is 11.3 Å². The lowest BCUT2D eigenvalue weighted by atomic mass is 10.1. The highest BCUT2D eigenvalue weighted by atomic mass is 32.1.